The summed E-state index contributed by atoms with van der Waals surface area (Å²) in [5.74, 6) is 0.565. The third kappa shape index (κ3) is 1.81. The number of nitrogens with one attached hydrogen (secondary N) is 1. The quantitative estimate of drug-likeness (QED) is 0.834. The summed E-state index contributed by atoms with van der Waals surface area (Å²) < 4.78 is 11.1. The molecule has 0 aliphatic carbocycles. The molecular formula is C14H18N2O3. The SMILES string of the molecule is CC1(C)Oc2cc(C3(CN)COC3)ccc2NC1=O. The molecule has 0 spiro atoms. The molecule has 0 aromatic heterocycles. The molecule has 2 aliphatic heterocycles. The van der Waals surface area contributed by atoms with E-state index >= 15 is 0 Å². The number of fused-ring (bicyclic) bond motifs is 1. The highest BCUT2D eigenvalue weighted by atomic mass is 16.5. The molecule has 2 aliphatic rings. The van der Waals surface area contributed by atoms with Crippen molar-refractivity contribution in [1.29, 1.82) is 0 Å². The zero-order valence-electron chi connectivity index (χ0n) is 11.2. The number of hydrogen-bond donors (Lipinski definition) is 2. The molecule has 2 heterocycles. The lowest BCUT2D eigenvalue weighted by molar-refractivity contribution is -0.129. The highest BCUT2D eigenvalue weighted by Gasteiger charge is 2.41. The van der Waals surface area contributed by atoms with Crippen molar-refractivity contribution in [2.75, 3.05) is 25.1 Å². The van der Waals surface area contributed by atoms with Crippen LogP contribution in [0.2, 0.25) is 0 Å². The van der Waals surface area contributed by atoms with Crippen molar-refractivity contribution in [3.05, 3.63) is 23.8 Å². The summed E-state index contributed by atoms with van der Waals surface area (Å²) in [6.07, 6.45) is 0. The number of benzene rings is 1. The third-order valence-electron chi connectivity index (χ3n) is 3.90. The third-order valence-corrected chi connectivity index (χ3v) is 3.90. The van der Waals surface area contributed by atoms with Gasteiger partial charge in [-0.25, -0.2) is 0 Å². The van der Waals surface area contributed by atoms with Gasteiger partial charge < -0.3 is 20.5 Å². The monoisotopic (exact) mass is 262 g/mol. The minimum Gasteiger partial charge on any atom is -0.476 e. The summed E-state index contributed by atoms with van der Waals surface area (Å²) in [7, 11) is 0. The second-order valence-corrected chi connectivity index (χ2v) is 5.75. The molecule has 0 saturated carbocycles. The van der Waals surface area contributed by atoms with Crippen LogP contribution in [0.4, 0.5) is 5.69 Å². The Morgan fingerprint density at radius 2 is 2.11 bits per heavy atom. The van der Waals surface area contributed by atoms with Crippen molar-refractivity contribution < 1.29 is 14.3 Å². The number of amides is 1. The molecule has 3 rings (SSSR count). The molecule has 5 nitrogen and oxygen atoms in total. The fourth-order valence-electron chi connectivity index (χ4n) is 2.38. The van der Waals surface area contributed by atoms with Crippen LogP contribution >= 0.6 is 0 Å². The standard InChI is InChI=1S/C14H18N2O3/c1-13(2)12(17)16-10-4-3-9(5-11(10)19-13)14(6-15)7-18-8-14/h3-5H,6-8,15H2,1-2H3,(H,16,17). The number of hydrogen-bond acceptors (Lipinski definition) is 4. The van der Waals surface area contributed by atoms with Crippen LogP contribution in [0.3, 0.4) is 0 Å². The average molecular weight is 262 g/mol. The molecule has 3 N–H and O–H groups in total. The Bertz CT molecular complexity index is 530. The molecule has 0 radical (unpaired) electrons. The smallest absolute Gasteiger partial charge is 0.268 e. The Balaban J connectivity index is 1.99. The maximum Gasteiger partial charge on any atom is 0.268 e. The summed E-state index contributed by atoms with van der Waals surface area (Å²) in [4.78, 5) is 11.8. The van der Waals surface area contributed by atoms with Gasteiger partial charge in [0.1, 0.15) is 5.75 Å². The van der Waals surface area contributed by atoms with E-state index in [1.54, 1.807) is 13.8 Å². The lowest BCUT2D eigenvalue weighted by atomic mass is 9.78. The van der Waals surface area contributed by atoms with Crippen LogP contribution in [0.15, 0.2) is 18.2 Å². The van der Waals surface area contributed by atoms with Crippen LogP contribution in [-0.4, -0.2) is 31.3 Å². The predicted octanol–water partition coefficient (Wildman–Crippen LogP) is 1.02. The molecule has 1 aromatic rings. The predicted molar refractivity (Wildman–Crippen MR) is 71.3 cm³/mol. The Morgan fingerprint density at radius 1 is 1.37 bits per heavy atom. The topological polar surface area (TPSA) is 73.6 Å². The maximum absolute atomic E-state index is 11.8. The van der Waals surface area contributed by atoms with Crippen molar-refractivity contribution in [1.82, 2.24) is 0 Å². The number of rotatable bonds is 2. The van der Waals surface area contributed by atoms with Crippen LogP contribution in [0, 0.1) is 0 Å². The summed E-state index contributed by atoms with van der Waals surface area (Å²) in [6, 6.07) is 5.82. The van der Waals surface area contributed by atoms with Gasteiger partial charge in [-0.15, -0.1) is 0 Å². The van der Waals surface area contributed by atoms with Crippen molar-refractivity contribution >= 4 is 11.6 Å². The van der Waals surface area contributed by atoms with Gasteiger partial charge in [-0.2, -0.15) is 0 Å². The van der Waals surface area contributed by atoms with Gasteiger partial charge >= 0.3 is 0 Å². The fraction of sp³-hybridized carbons (Fsp3) is 0.500. The number of anilines is 1. The fourth-order valence-corrected chi connectivity index (χ4v) is 2.38. The molecule has 102 valence electrons. The Morgan fingerprint density at radius 3 is 2.68 bits per heavy atom. The van der Waals surface area contributed by atoms with E-state index in [1.807, 2.05) is 18.2 Å². The number of carbonyl (C=O) groups excluding carboxylic acids is 1. The van der Waals surface area contributed by atoms with Crippen molar-refractivity contribution in [3.63, 3.8) is 0 Å². The van der Waals surface area contributed by atoms with E-state index in [-0.39, 0.29) is 11.3 Å². The van der Waals surface area contributed by atoms with Crippen molar-refractivity contribution in [3.8, 4) is 5.75 Å². The Kier molecular flexibility index (Phi) is 2.59. The maximum atomic E-state index is 11.8. The van der Waals surface area contributed by atoms with E-state index in [0.29, 0.717) is 31.2 Å². The van der Waals surface area contributed by atoms with Crippen molar-refractivity contribution in [2.45, 2.75) is 24.9 Å². The van der Waals surface area contributed by atoms with Crippen LogP contribution in [-0.2, 0) is 14.9 Å². The lowest BCUT2D eigenvalue weighted by Crippen LogP contribution is -2.52. The van der Waals surface area contributed by atoms with Crippen LogP contribution in [0.25, 0.3) is 0 Å². The van der Waals surface area contributed by atoms with E-state index < -0.39 is 5.60 Å². The normalized spacial score (nSPS) is 22.8. The van der Waals surface area contributed by atoms with Gasteiger partial charge in [-0.05, 0) is 31.5 Å². The zero-order chi connectivity index (χ0) is 13.7. The van der Waals surface area contributed by atoms with E-state index in [4.69, 9.17) is 15.2 Å². The minimum atomic E-state index is -0.850. The second-order valence-electron chi connectivity index (χ2n) is 5.75. The van der Waals surface area contributed by atoms with E-state index in [1.165, 1.54) is 0 Å². The Hall–Kier alpha value is -1.59. The summed E-state index contributed by atoms with van der Waals surface area (Å²) in [5, 5.41) is 2.86. The average Bonchev–Trinajstić information content (AvgIpc) is 2.30. The molecule has 0 unspecified atom stereocenters. The Labute approximate surface area is 112 Å². The largest absolute Gasteiger partial charge is 0.476 e. The zero-order valence-corrected chi connectivity index (χ0v) is 11.2. The first-order valence-electron chi connectivity index (χ1n) is 6.40. The summed E-state index contributed by atoms with van der Waals surface area (Å²) >= 11 is 0. The molecular weight excluding hydrogens is 244 g/mol. The number of carbonyl (C=O) groups is 1. The highest BCUT2D eigenvalue weighted by molar-refractivity contribution is 6.00. The minimum absolute atomic E-state index is 0.107. The van der Waals surface area contributed by atoms with Crippen LogP contribution < -0.4 is 15.8 Å². The number of nitrogens with two attached hydrogens (primary N) is 1. The molecule has 1 saturated heterocycles. The molecule has 1 aromatic carbocycles. The highest BCUT2D eigenvalue weighted by Crippen LogP contribution is 2.39. The first-order chi connectivity index (χ1) is 8.97. The van der Waals surface area contributed by atoms with E-state index in [9.17, 15) is 4.79 Å². The van der Waals surface area contributed by atoms with Crippen LogP contribution in [0.1, 0.15) is 19.4 Å². The number of ether oxygens (including phenoxy) is 2. The lowest BCUT2D eigenvalue weighted by Gasteiger charge is -2.41. The van der Waals surface area contributed by atoms with Crippen molar-refractivity contribution in [2.24, 2.45) is 5.73 Å². The van der Waals surface area contributed by atoms with Gasteiger partial charge in [0, 0.05) is 6.54 Å². The van der Waals surface area contributed by atoms with E-state index in [2.05, 4.69) is 5.32 Å². The molecule has 19 heavy (non-hydrogen) atoms. The van der Waals surface area contributed by atoms with Gasteiger partial charge in [-0.1, -0.05) is 6.07 Å². The molecule has 0 bridgehead atoms. The second kappa shape index (κ2) is 3.95. The molecule has 5 heteroatoms. The first kappa shape index (κ1) is 12.4. The summed E-state index contributed by atoms with van der Waals surface area (Å²) in [5.41, 5.74) is 6.72. The van der Waals surface area contributed by atoms with Gasteiger partial charge in [0.2, 0.25) is 0 Å². The van der Waals surface area contributed by atoms with Gasteiger partial charge in [0.25, 0.3) is 5.91 Å². The summed E-state index contributed by atoms with van der Waals surface area (Å²) in [6.45, 7) is 5.32. The van der Waals surface area contributed by atoms with Gasteiger partial charge in [-0.3, -0.25) is 4.79 Å². The van der Waals surface area contributed by atoms with Gasteiger partial charge in [0.15, 0.2) is 5.60 Å². The van der Waals surface area contributed by atoms with Gasteiger partial charge in [0.05, 0.1) is 24.3 Å². The molecule has 0 atom stereocenters. The van der Waals surface area contributed by atoms with Crippen LogP contribution in [0.5, 0.6) is 5.75 Å². The first-order valence-corrected chi connectivity index (χ1v) is 6.40. The molecule has 1 fully saturated rings. The molecule has 1 amide bonds. The van der Waals surface area contributed by atoms with E-state index in [0.717, 1.165) is 5.56 Å².